The highest BCUT2D eigenvalue weighted by molar-refractivity contribution is 6.30. The van der Waals surface area contributed by atoms with Gasteiger partial charge < -0.3 is 9.15 Å². The smallest absolute Gasteiger partial charge is 0.343 e. The van der Waals surface area contributed by atoms with Crippen LogP contribution in [0.3, 0.4) is 0 Å². The van der Waals surface area contributed by atoms with Crippen LogP contribution in [0, 0.1) is 5.82 Å². The Balaban J connectivity index is 1.73. The van der Waals surface area contributed by atoms with Crippen LogP contribution >= 0.6 is 11.6 Å². The molecule has 0 aliphatic heterocycles. The van der Waals surface area contributed by atoms with Gasteiger partial charge in [0.2, 0.25) is 5.43 Å². The number of carbonyl (C=O) groups excluding carboxylic acids is 1. The van der Waals surface area contributed by atoms with Crippen LogP contribution in [0.1, 0.15) is 48.5 Å². The zero-order valence-electron chi connectivity index (χ0n) is 18.8. The van der Waals surface area contributed by atoms with Crippen molar-refractivity contribution in [2.24, 2.45) is 0 Å². The van der Waals surface area contributed by atoms with E-state index in [2.05, 4.69) is 6.92 Å². The molecule has 0 N–H and O–H groups in total. The van der Waals surface area contributed by atoms with E-state index in [1.165, 1.54) is 30.5 Å². The van der Waals surface area contributed by atoms with Crippen LogP contribution in [0.15, 0.2) is 76.1 Å². The zero-order chi connectivity index (χ0) is 24.1. The normalized spacial score (nSPS) is 11.0. The first-order chi connectivity index (χ1) is 16.5. The third-order valence-corrected chi connectivity index (χ3v) is 5.95. The second-order valence-electron chi connectivity index (χ2n) is 8.15. The molecule has 0 radical (unpaired) electrons. The van der Waals surface area contributed by atoms with Crippen LogP contribution in [0.4, 0.5) is 4.39 Å². The maximum atomic E-state index is 13.3. The number of benzene rings is 3. The Labute approximate surface area is 201 Å². The van der Waals surface area contributed by atoms with Crippen molar-refractivity contribution in [1.82, 2.24) is 0 Å². The van der Waals surface area contributed by atoms with Crippen molar-refractivity contribution in [1.29, 1.82) is 0 Å². The van der Waals surface area contributed by atoms with Gasteiger partial charge in [-0.25, -0.2) is 9.18 Å². The van der Waals surface area contributed by atoms with Gasteiger partial charge in [-0.2, -0.15) is 0 Å². The van der Waals surface area contributed by atoms with Gasteiger partial charge in [0, 0.05) is 11.1 Å². The number of fused-ring (bicyclic) bond motifs is 1. The molecule has 4 rings (SSSR count). The van der Waals surface area contributed by atoms with Crippen molar-refractivity contribution in [3.8, 4) is 16.9 Å². The van der Waals surface area contributed by atoms with Gasteiger partial charge in [0.15, 0.2) is 0 Å². The van der Waals surface area contributed by atoms with Crippen molar-refractivity contribution >= 4 is 28.5 Å². The average Bonchev–Trinajstić information content (AvgIpc) is 2.83. The summed E-state index contributed by atoms with van der Waals surface area (Å²) in [5.41, 5.74) is 2.27. The van der Waals surface area contributed by atoms with Crippen molar-refractivity contribution in [3.05, 3.63) is 99.1 Å². The molecule has 1 aromatic heterocycles. The first-order valence-corrected chi connectivity index (χ1v) is 11.7. The van der Waals surface area contributed by atoms with Crippen LogP contribution in [-0.4, -0.2) is 5.97 Å². The molecule has 6 heteroatoms. The molecule has 0 amide bonds. The molecule has 0 spiro atoms. The second kappa shape index (κ2) is 10.7. The molecule has 0 aliphatic carbocycles. The van der Waals surface area contributed by atoms with Crippen molar-refractivity contribution in [2.75, 3.05) is 0 Å². The number of unbranched alkanes of at least 4 members (excludes halogenated alkanes) is 3. The molecule has 0 unspecified atom stereocenters. The summed E-state index contributed by atoms with van der Waals surface area (Å²) in [5.74, 6) is -0.702. The number of hydrogen-bond donors (Lipinski definition) is 0. The van der Waals surface area contributed by atoms with E-state index in [9.17, 15) is 14.0 Å². The molecule has 34 heavy (non-hydrogen) atoms. The number of aryl methyl sites for hydroxylation is 1. The fraction of sp³-hybridized carbons (Fsp3) is 0.214. The third-order valence-electron chi connectivity index (χ3n) is 5.69. The number of carbonyl (C=O) groups is 1. The van der Waals surface area contributed by atoms with Crippen LogP contribution in [-0.2, 0) is 6.42 Å². The lowest BCUT2D eigenvalue weighted by atomic mass is 10.0. The second-order valence-corrected chi connectivity index (χ2v) is 8.58. The van der Waals surface area contributed by atoms with Crippen molar-refractivity contribution in [2.45, 2.75) is 39.0 Å². The van der Waals surface area contributed by atoms with Gasteiger partial charge in [-0.05, 0) is 66.4 Å². The lowest BCUT2D eigenvalue weighted by molar-refractivity contribution is 0.0733. The maximum Gasteiger partial charge on any atom is 0.343 e. The number of ether oxygens (including phenoxy) is 1. The van der Waals surface area contributed by atoms with Gasteiger partial charge in [-0.15, -0.1) is 0 Å². The highest BCUT2D eigenvalue weighted by Gasteiger charge is 2.17. The molecule has 0 atom stereocenters. The summed E-state index contributed by atoms with van der Waals surface area (Å²) >= 11 is 5.97. The standard InChI is InChI=1S/C28H24ClFO4/c1-2-3-4-5-6-20-15-23-26(16-25(20)34-28(32)19-9-13-22(30)14-10-19)33-17-24(27(23)31)18-7-11-21(29)12-8-18/h7-17H,2-6H2,1H3. The summed E-state index contributed by atoms with van der Waals surface area (Å²) in [7, 11) is 0. The van der Waals surface area contributed by atoms with E-state index in [4.69, 9.17) is 20.8 Å². The molecular formula is C28H24ClFO4. The van der Waals surface area contributed by atoms with Crippen LogP contribution < -0.4 is 10.2 Å². The Bertz CT molecular complexity index is 1360. The first-order valence-electron chi connectivity index (χ1n) is 11.3. The monoisotopic (exact) mass is 478 g/mol. The van der Waals surface area contributed by atoms with Gasteiger partial charge in [0.05, 0.1) is 16.5 Å². The topological polar surface area (TPSA) is 56.5 Å². The number of esters is 1. The zero-order valence-corrected chi connectivity index (χ0v) is 19.5. The molecule has 1 heterocycles. The molecular weight excluding hydrogens is 455 g/mol. The molecule has 4 aromatic rings. The summed E-state index contributed by atoms with van der Waals surface area (Å²) in [6.07, 6.45) is 6.16. The highest BCUT2D eigenvalue weighted by Crippen LogP contribution is 2.29. The first kappa shape index (κ1) is 23.7. The Kier molecular flexibility index (Phi) is 7.43. The largest absolute Gasteiger partial charge is 0.463 e. The molecule has 0 saturated carbocycles. The van der Waals surface area contributed by atoms with E-state index < -0.39 is 11.8 Å². The molecule has 3 aromatic carbocycles. The van der Waals surface area contributed by atoms with E-state index in [0.29, 0.717) is 39.3 Å². The van der Waals surface area contributed by atoms with Crippen LogP contribution in [0.25, 0.3) is 22.1 Å². The van der Waals surface area contributed by atoms with Gasteiger partial charge in [0.1, 0.15) is 23.4 Å². The summed E-state index contributed by atoms with van der Waals surface area (Å²) < 4.78 is 24.7. The van der Waals surface area contributed by atoms with Gasteiger partial charge in [-0.3, -0.25) is 4.79 Å². The number of rotatable bonds is 8. The SMILES string of the molecule is CCCCCCc1cc2c(=O)c(-c3ccc(Cl)cc3)coc2cc1OC(=O)c1ccc(F)cc1. The fourth-order valence-corrected chi connectivity index (χ4v) is 3.93. The predicted octanol–water partition coefficient (Wildman–Crippen LogP) is 7.59. The number of hydrogen-bond acceptors (Lipinski definition) is 4. The molecule has 4 nitrogen and oxygen atoms in total. The van der Waals surface area contributed by atoms with Gasteiger partial charge in [-0.1, -0.05) is 49.9 Å². The van der Waals surface area contributed by atoms with E-state index >= 15 is 0 Å². The summed E-state index contributed by atoms with van der Waals surface area (Å²) in [6.45, 7) is 2.13. The maximum absolute atomic E-state index is 13.3. The van der Waals surface area contributed by atoms with Crippen molar-refractivity contribution in [3.63, 3.8) is 0 Å². The Morgan fingerprint density at radius 2 is 1.74 bits per heavy atom. The quantitative estimate of drug-likeness (QED) is 0.149. The summed E-state index contributed by atoms with van der Waals surface area (Å²) in [5, 5.41) is 0.996. The predicted molar refractivity (Wildman–Crippen MR) is 132 cm³/mol. The van der Waals surface area contributed by atoms with E-state index in [1.54, 1.807) is 36.4 Å². The van der Waals surface area contributed by atoms with Crippen LogP contribution in [0.2, 0.25) is 5.02 Å². The van der Waals surface area contributed by atoms with E-state index in [-0.39, 0.29) is 11.0 Å². The molecule has 0 bridgehead atoms. The van der Waals surface area contributed by atoms with E-state index in [1.807, 2.05) is 0 Å². The minimum absolute atomic E-state index is 0.171. The van der Waals surface area contributed by atoms with Crippen molar-refractivity contribution < 1.29 is 18.3 Å². The van der Waals surface area contributed by atoms with Gasteiger partial charge >= 0.3 is 5.97 Å². The highest BCUT2D eigenvalue weighted by atomic mass is 35.5. The van der Waals surface area contributed by atoms with Crippen LogP contribution in [0.5, 0.6) is 5.75 Å². The minimum Gasteiger partial charge on any atom is -0.463 e. The van der Waals surface area contributed by atoms with E-state index in [0.717, 1.165) is 31.2 Å². The summed E-state index contributed by atoms with van der Waals surface area (Å²) in [4.78, 5) is 26.0. The average molecular weight is 479 g/mol. The Hall–Kier alpha value is -3.44. The summed E-state index contributed by atoms with van der Waals surface area (Å²) in [6, 6.07) is 15.5. The lowest BCUT2D eigenvalue weighted by Gasteiger charge is -2.12. The lowest BCUT2D eigenvalue weighted by Crippen LogP contribution is -2.11. The minimum atomic E-state index is -0.603. The fourth-order valence-electron chi connectivity index (χ4n) is 3.81. The molecule has 0 fully saturated rings. The molecule has 0 saturated heterocycles. The Morgan fingerprint density at radius 3 is 2.44 bits per heavy atom. The Morgan fingerprint density at radius 1 is 1.00 bits per heavy atom. The number of halogens is 2. The van der Waals surface area contributed by atoms with Gasteiger partial charge in [0.25, 0.3) is 0 Å². The molecule has 0 aliphatic rings. The molecule has 174 valence electrons. The third kappa shape index (κ3) is 5.37.